The van der Waals surface area contributed by atoms with Crippen molar-refractivity contribution >= 4 is 65.4 Å². The number of nitrogens with zero attached hydrogens (tertiary/aromatic N) is 6. The summed E-state index contributed by atoms with van der Waals surface area (Å²) in [6, 6.07) is 53.6. The molecule has 12 rings (SSSR count). The summed E-state index contributed by atoms with van der Waals surface area (Å²) in [5, 5.41) is 5.65. The summed E-state index contributed by atoms with van der Waals surface area (Å²) in [5.41, 5.74) is 10.8. The number of benzene rings is 8. The van der Waals surface area contributed by atoms with E-state index in [4.69, 9.17) is 19.1 Å². The van der Waals surface area contributed by atoms with Crippen LogP contribution in [0.4, 0.5) is 0 Å². The van der Waals surface area contributed by atoms with E-state index in [9.17, 15) is 1.37 Å². The Kier molecular flexibility index (Phi) is 7.64. The Balaban J connectivity index is 1.18. The molecule has 0 spiro atoms. The maximum atomic E-state index is 9.37. The summed E-state index contributed by atoms with van der Waals surface area (Å²) >= 11 is 0. The molecule has 0 N–H and O–H groups in total. The number of hydrogen-bond donors (Lipinski definition) is 0. The SMILES string of the molecule is [2H]c1c([2H])c([2H])c2c(c1[2H])c1ccccc1n2-c1nc(-c2ccccc2-n2c3ccccc3c3cc(C(C)(C)C)ccc32)nc(-c2ccccc2-n2c3ccccc3c3cc(C(C)(C)C)ccc32)n1. The summed E-state index contributed by atoms with van der Waals surface area (Å²) in [6.45, 7) is 13.4. The maximum Gasteiger partial charge on any atom is 0.238 e. The first-order valence-corrected chi connectivity index (χ1v) is 22.2. The summed E-state index contributed by atoms with van der Waals surface area (Å²) in [5.74, 6) is 1.04. The highest BCUT2D eigenvalue weighted by Gasteiger charge is 2.25. The van der Waals surface area contributed by atoms with Gasteiger partial charge in [0.15, 0.2) is 11.6 Å². The van der Waals surface area contributed by atoms with Crippen molar-refractivity contribution in [3.63, 3.8) is 0 Å². The smallest absolute Gasteiger partial charge is 0.238 e. The molecular formula is C59H48N6. The maximum absolute atomic E-state index is 9.37. The zero-order valence-corrected chi connectivity index (χ0v) is 37.2. The third-order valence-electron chi connectivity index (χ3n) is 13.0. The van der Waals surface area contributed by atoms with Crippen molar-refractivity contribution in [1.82, 2.24) is 28.7 Å². The van der Waals surface area contributed by atoms with Crippen LogP contribution in [0.5, 0.6) is 0 Å². The summed E-state index contributed by atoms with van der Waals surface area (Å²) in [4.78, 5) is 16.2. The van der Waals surface area contributed by atoms with Crippen molar-refractivity contribution in [3.8, 4) is 40.1 Å². The van der Waals surface area contributed by atoms with Crippen molar-refractivity contribution in [3.05, 3.63) is 193 Å². The Morgan fingerprint density at radius 3 is 1.26 bits per heavy atom. The summed E-state index contributed by atoms with van der Waals surface area (Å²) in [6.07, 6.45) is 0. The topological polar surface area (TPSA) is 53.5 Å². The molecular weight excluding hydrogens is 793 g/mol. The Morgan fingerprint density at radius 2 is 0.769 bits per heavy atom. The molecule has 0 saturated heterocycles. The average Bonchev–Trinajstić information content (AvgIpc) is 4.00. The molecule has 12 aromatic rings. The van der Waals surface area contributed by atoms with Crippen LogP contribution in [-0.2, 0) is 10.8 Å². The molecule has 0 fully saturated rings. The first-order valence-electron chi connectivity index (χ1n) is 24.2. The van der Waals surface area contributed by atoms with Gasteiger partial charge < -0.3 is 9.13 Å². The second-order valence-electron chi connectivity index (χ2n) is 19.1. The van der Waals surface area contributed by atoms with Gasteiger partial charge >= 0.3 is 0 Å². The molecule has 65 heavy (non-hydrogen) atoms. The fourth-order valence-corrected chi connectivity index (χ4v) is 9.70. The van der Waals surface area contributed by atoms with Crippen LogP contribution in [0.3, 0.4) is 0 Å². The standard InChI is InChI=1S/C59H48N6/c1-58(2,3)37-31-33-53-45(35-37)41-21-9-13-25-47(41)63(53)51-29-17-11-23-43(51)55-60-56(62-57(61-55)65-49-27-15-7-19-39(49)40-20-8-16-28-50(40)65)44-24-12-18-30-52(44)64-48-26-14-10-22-42(48)46-36-38(59(4,5)6)32-34-54(46)64/h7-36H,1-6H3/i7D,15D,19D,27D. The number of rotatable bonds is 5. The van der Waals surface area contributed by atoms with Crippen LogP contribution in [0, 0.1) is 0 Å². The van der Waals surface area contributed by atoms with Gasteiger partial charge in [-0.2, -0.15) is 9.97 Å². The van der Waals surface area contributed by atoms with Gasteiger partial charge in [0.1, 0.15) is 0 Å². The molecule has 0 amide bonds. The second kappa shape index (κ2) is 14.3. The van der Waals surface area contributed by atoms with E-state index in [1.165, 1.54) is 11.1 Å². The molecule has 0 aliphatic carbocycles. The van der Waals surface area contributed by atoms with Gasteiger partial charge in [0.05, 0.1) is 50.0 Å². The Morgan fingerprint density at radius 1 is 0.369 bits per heavy atom. The highest BCUT2D eigenvalue weighted by molar-refractivity contribution is 6.12. The Labute approximate surface area is 383 Å². The zero-order valence-electron chi connectivity index (χ0n) is 41.2. The zero-order chi connectivity index (χ0) is 47.7. The molecule has 314 valence electrons. The lowest BCUT2D eigenvalue weighted by atomic mass is 9.86. The van der Waals surface area contributed by atoms with Crippen molar-refractivity contribution in [1.29, 1.82) is 0 Å². The largest absolute Gasteiger partial charge is 0.309 e. The third-order valence-corrected chi connectivity index (χ3v) is 13.0. The van der Waals surface area contributed by atoms with E-state index in [0.29, 0.717) is 33.5 Å². The van der Waals surface area contributed by atoms with E-state index in [-0.39, 0.29) is 40.9 Å². The summed E-state index contributed by atoms with van der Waals surface area (Å²) < 4.78 is 42.4. The molecule has 0 aliphatic rings. The van der Waals surface area contributed by atoms with E-state index in [2.05, 4.69) is 148 Å². The van der Waals surface area contributed by atoms with E-state index in [0.717, 1.165) is 66.1 Å². The Hall–Kier alpha value is -7.83. The van der Waals surface area contributed by atoms with Crippen molar-refractivity contribution in [2.75, 3.05) is 0 Å². The van der Waals surface area contributed by atoms with Gasteiger partial charge in [-0.15, -0.1) is 0 Å². The number of fused-ring (bicyclic) bond motifs is 9. The molecule has 4 heterocycles. The predicted octanol–water partition coefficient (Wildman–Crippen LogP) is 15.1. The van der Waals surface area contributed by atoms with E-state index >= 15 is 0 Å². The van der Waals surface area contributed by atoms with Crippen molar-refractivity contribution < 1.29 is 5.48 Å². The molecule has 0 radical (unpaired) electrons. The van der Waals surface area contributed by atoms with Gasteiger partial charge in [0.25, 0.3) is 0 Å². The normalized spacial score (nSPS) is 13.3. The first kappa shape index (κ1) is 34.6. The highest BCUT2D eigenvalue weighted by atomic mass is 15.2. The molecule has 8 aromatic carbocycles. The molecule has 0 bridgehead atoms. The average molecular weight is 845 g/mol. The van der Waals surface area contributed by atoms with E-state index < -0.39 is 0 Å². The monoisotopic (exact) mass is 844 g/mol. The molecule has 6 nitrogen and oxygen atoms in total. The molecule has 0 saturated carbocycles. The van der Waals surface area contributed by atoms with E-state index in [1.807, 2.05) is 60.7 Å². The molecule has 4 aromatic heterocycles. The van der Waals surface area contributed by atoms with E-state index in [1.54, 1.807) is 4.57 Å². The van der Waals surface area contributed by atoms with Gasteiger partial charge in [0.2, 0.25) is 5.95 Å². The van der Waals surface area contributed by atoms with Gasteiger partial charge in [-0.25, -0.2) is 4.98 Å². The number of para-hydroxylation sites is 6. The van der Waals surface area contributed by atoms with Crippen molar-refractivity contribution in [2.24, 2.45) is 0 Å². The predicted molar refractivity (Wildman–Crippen MR) is 271 cm³/mol. The summed E-state index contributed by atoms with van der Waals surface area (Å²) in [7, 11) is 0. The lowest BCUT2D eigenvalue weighted by molar-refractivity contribution is 0.591. The quantitative estimate of drug-likeness (QED) is 0.173. The third kappa shape index (κ3) is 6.12. The lowest BCUT2D eigenvalue weighted by Gasteiger charge is -2.19. The fraction of sp³-hybridized carbons (Fsp3) is 0.136. The van der Waals surface area contributed by atoms with Crippen LogP contribution in [0.15, 0.2) is 182 Å². The number of aromatic nitrogens is 6. The van der Waals surface area contributed by atoms with Gasteiger partial charge in [-0.3, -0.25) is 4.57 Å². The highest BCUT2D eigenvalue weighted by Crippen LogP contribution is 2.41. The van der Waals surface area contributed by atoms with Crippen LogP contribution >= 0.6 is 0 Å². The molecule has 6 heteroatoms. The van der Waals surface area contributed by atoms with Crippen LogP contribution < -0.4 is 0 Å². The molecule has 0 aliphatic heterocycles. The Bertz CT molecular complexity index is 3910. The molecule has 0 unspecified atom stereocenters. The minimum absolute atomic E-state index is 0.0483. The molecule has 0 atom stereocenters. The fourth-order valence-electron chi connectivity index (χ4n) is 9.70. The first-order chi connectivity index (χ1) is 33.2. The minimum Gasteiger partial charge on any atom is -0.309 e. The van der Waals surface area contributed by atoms with Gasteiger partial charge in [-0.05, 0) is 94.7 Å². The van der Waals surface area contributed by atoms with Crippen molar-refractivity contribution in [2.45, 2.75) is 52.4 Å². The van der Waals surface area contributed by atoms with Gasteiger partial charge in [-0.1, -0.05) is 151 Å². The number of hydrogen-bond acceptors (Lipinski definition) is 3. The lowest BCUT2D eigenvalue weighted by Crippen LogP contribution is -2.10. The van der Waals surface area contributed by atoms with Crippen LogP contribution in [0.25, 0.3) is 106 Å². The van der Waals surface area contributed by atoms with Crippen LogP contribution in [0.1, 0.15) is 58.2 Å². The van der Waals surface area contributed by atoms with Crippen LogP contribution in [-0.4, -0.2) is 28.7 Å². The van der Waals surface area contributed by atoms with Crippen LogP contribution in [0.2, 0.25) is 0 Å². The second-order valence-corrected chi connectivity index (χ2v) is 19.1. The minimum atomic E-state index is -0.330. The van der Waals surface area contributed by atoms with Gasteiger partial charge in [0, 0.05) is 43.4 Å².